The van der Waals surface area contributed by atoms with Crippen molar-refractivity contribution in [1.29, 1.82) is 0 Å². The highest BCUT2D eigenvalue weighted by atomic mass is 32.2. The molecular weight excluding hydrogens is 246 g/mol. The maximum atomic E-state index is 12.0. The number of rotatable bonds is 4. The number of nitrogens with one attached hydrogen (secondary N) is 2. The molecule has 0 aromatic rings. The minimum absolute atomic E-state index is 0.0114. The van der Waals surface area contributed by atoms with Gasteiger partial charge in [-0.15, -0.1) is 0 Å². The van der Waals surface area contributed by atoms with Crippen LogP contribution in [0.2, 0.25) is 0 Å². The number of carbonyl (C=O) groups excluding carboxylic acids is 1. The third-order valence-corrected chi connectivity index (χ3v) is 4.89. The second-order valence-corrected chi connectivity index (χ2v) is 6.42. The Hall–Kier alpha value is -0.260. The van der Waals surface area contributed by atoms with Gasteiger partial charge in [0.2, 0.25) is 5.91 Å². The van der Waals surface area contributed by atoms with E-state index in [0.717, 1.165) is 24.6 Å². The normalized spacial score (nSPS) is 27.7. The average Bonchev–Trinajstić information content (AvgIpc) is 2.46. The van der Waals surface area contributed by atoms with E-state index in [1.807, 2.05) is 11.8 Å². The SMILES string of the molecule is CC(CNC(=O)C1CSCCN1)N1CCCCC1. The minimum Gasteiger partial charge on any atom is -0.353 e. The smallest absolute Gasteiger partial charge is 0.238 e. The number of amides is 1. The van der Waals surface area contributed by atoms with E-state index in [1.165, 1.54) is 32.4 Å². The zero-order valence-electron chi connectivity index (χ0n) is 11.3. The second kappa shape index (κ2) is 7.36. The lowest BCUT2D eigenvalue weighted by molar-refractivity contribution is -0.122. The molecule has 5 heteroatoms. The molecule has 1 amide bonds. The van der Waals surface area contributed by atoms with Crippen molar-refractivity contribution in [1.82, 2.24) is 15.5 Å². The van der Waals surface area contributed by atoms with Crippen molar-refractivity contribution in [3.63, 3.8) is 0 Å². The summed E-state index contributed by atoms with van der Waals surface area (Å²) < 4.78 is 0. The summed E-state index contributed by atoms with van der Waals surface area (Å²) >= 11 is 1.86. The van der Waals surface area contributed by atoms with Crippen LogP contribution >= 0.6 is 11.8 Å². The van der Waals surface area contributed by atoms with Gasteiger partial charge in [-0.1, -0.05) is 6.42 Å². The molecule has 0 aromatic carbocycles. The van der Waals surface area contributed by atoms with E-state index in [1.54, 1.807) is 0 Å². The molecule has 0 aliphatic carbocycles. The fourth-order valence-electron chi connectivity index (χ4n) is 2.59. The predicted octanol–water partition coefficient (Wildman–Crippen LogP) is 0.682. The van der Waals surface area contributed by atoms with Crippen molar-refractivity contribution in [2.24, 2.45) is 0 Å². The Morgan fingerprint density at radius 3 is 2.89 bits per heavy atom. The van der Waals surface area contributed by atoms with Crippen molar-refractivity contribution in [3.8, 4) is 0 Å². The summed E-state index contributed by atoms with van der Waals surface area (Å²) in [5.74, 6) is 2.20. The molecular formula is C13H25N3OS. The summed E-state index contributed by atoms with van der Waals surface area (Å²) in [6, 6.07) is 0.475. The van der Waals surface area contributed by atoms with Gasteiger partial charge in [-0.3, -0.25) is 9.69 Å². The number of piperidine rings is 1. The first kappa shape index (κ1) is 14.2. The molecule has 2 unspecified atom stereocenters. The van der Waals surface area contributed by atoms with Crippen LogP contribution in [0, 0.1) is 0 Å². The Bertz CT molecular complexity index is 263. The summed E-state index contributed by atoms with van der Waals surface area (Å²) in [5.41, 5.74) is 0. The van der Waals surface area contributed by atoms with Crippen LogP contribution in [0.15, 0.2) is 0 Å². The molecule has 0 bridgehead atoms. The maximum Gasteiger partial charge on any atom is 0.238 e. The molecule has 0 saturated carbocycles. The molecule has 2 aliphatic heterocycles. The fourth-order valence-corrected chi connectivity index (χ4v) is 3.53. The topological polar surface area (TPSA) is 44.4 Å². The summed E-state index contributed by atoms with van der Waals surface area (Å²) in [7, 11) is 0. The van der Waals surface area contributed by atoms with Crippen LogP contribution in [0.4, 0.5) is 0 Å². The van der Waals surface area contributed by atoms with Gasteiger partial charge >= 0.3 is 0 Å². The van der Waals surface area contributed by atoms with E-state index in [0.29, 0.717) is 6.04 Å². The van der Waals surface area contributed by atoms with Crippen molar-refractivity contribution in [3.05, 3.63) is 0 Å². The highest BCUT2D eigenvalue weighted by Gasteiger charge is 2.22. The number of likely N-dealkylation sites (tertiary alicyclic amines) is 1. The molecule has 0 radical (unpaired) electrons. The monoisotopic (exact) mass is 271 g/mol. The molecule has 2 N–H and O–H groups in total. The van der Waals surface area contributed by atoms with Crippen molar-refractivity contribution in [2.75, 3.05) is 37.7 Å². The molecule has 2 heterocycles. The van der Waals surface area contributed by atoms with Gasteiger partial charge in [0.05, 0.1) is 6.04 Å². The number of hydrogen-bond acceptors (Lipinski definition) is 4. The first-order valence-corrected chi connectivity index (χ1v) is 8.26. The molecule has 4 nitrogen and oxygen atoms in total. The highest BCUT2D eigenvalue weighted by Crippen LogP contribution is 2.12. The standard InChI is InChI=1S/C13H25N3OS/c1-11(16-6-3-2-4-7-16)9-15-13(17)12-10-18-8-5-14-12/h11-12,14H,2-10H2,1H3,(H,15,17). The van der Waals surface area contributed by atoms with Crippen LogP contribution in [0.3, 0.4) is 0 Å². The first-order chi connectivity index (χ1) is 8.77. The quantitative estimate of drug-likeness (QED) is 0.789. The fraction of sp³-hybridized carbons (Fsp3) is 0.923. The van der Waals surface area contributed by atoms with Crippen LogP contribution in [-0.4, -0.2) is 60.6 Å². The van der Waals surface area contributed by atoms with E-state index in [-0.39, 0.29) is 11.9 Å². The van der Waals surface area contributed by atoms with E-state index < -0.39 is 0 Å². The molecule has 2 rings (SSSR count). The summed E-state index contributed by atoms with van der Waals surface area (Å²) in [6.07, 6.45) is 3.97. The van der Waals surface area contributed by atoms with Crippen LogP contribution in [0.5, 0.6) is 0 Å². The Morgan fingerprint density at radius 2 is 2.22 bits per heavy atom. The number of nitrogens with zero attached hydrogens (tertiary/aromatic N) is 1. The predicted molar refractivity (Wildman–Crippen MR) is 77.0 cm³/mol. The van der Waals surface area contributed by atoms with Gasteiger partial charge in [-0.25, -0.2) is 0 Å². The molecule has 2 aliphatic rings. The van der Waals surface area contributed by atoms with Gasteiger partial charge in [0.1, 0.15) is 0 Å². The van der Waals surface area contributed by atoms with Gasteiger partial charge in [0, 0.05) is 30.6 Å². The molecule has 2 fully saturated rings. The summed E-state index contributed by atoms with van der Waals surface area (Å²) in [6.45, 7) is 6.32. The Morgan fingerprint density at radius 1 is 1.44 bits per heavy atom. The number of thioether (sulfide) groups is 1. The van der Waals surface area contributed by atoms with E-state index in [9.17, 15) is 4.79 Å². The van der Waals surface area contributed by atoms with Crippen molar-refractivity contribution in [2.45, 2.75) is 38.3 Å². The Kier molecular flexibility index (Phi) is 5.79. The molecule has 0 spiro atoms. The van der Waals surface area contributed by atoms with Gasteiger partial charge in [0.25, 0.3) is 0 Å². The van der Waals surface area contributed by atoms with Crippen LogP contribution in [0.25, 0.3) is 0 Å². The lowest BCUT2D eigenvalue weighted by atomic mass is 10.1. The number of carbonyl (C=O) groups is 1. The van der Waals surface area contributed by atoms with Crippen LogP contribution in [-0.2, 0) is 4.79 Å². The molecule has 2 atom stereocenters. The van der Waals surface area contributed by atoms with Crippen molar-refractivity contribution < 1.29 is 4.79 Å². The minimum atomic E-state index is 0.0114. The summed E-state index contributed by atoms with van der Waals surface area (Å²) in [4.78, 5) is 14.5. The Balaban J connectivity index is 1.67. The van der Waals surface area contributed by atoms with Crippen LogP contribution < -0.4 is 10.6 Å². The molecule has 2 saturated heterocycles. The van der Waals surface area contributed by atoms with Gasteiger partial charge in [0.15, 0.2) is 0 Å². The highest BCUT2D eigenvalue weighted by molar-refractivity contribution is 7.99. The Labute approximate surface area is 114 Å². The van der Waals surface area contributed by atoms with E-state index >= 15 is 0 Å². The third-order valence-electron chi connectivity index (χ3n) is 3.82. The zero-order valence-corrected chi connectivity index (χ0v) is 12.1. The van der Waals surface area contributed by atoms with Gasteiger partial charge in [-0.05, 0) is 32.9 Å². The molecule has 104 valence electrons. The third kappa shape index (κ3) is 4.14. The van der Waals surface area contributed by atoms with E-state index in [4.69, 9.17) is 0 Å². The summed E-state index contributed by atoms with van der Waals surface area (Å²) in [5, 5.41) is 6.37. The lowest BCUT2D eigenvalue weighted by Gasteiger charge is -2.33. The molecule has 18 heavy (non-hydrogen) atoms. The van der Waals surface area contributed by atoms with E-state index in [2.05, 4.69) is 22.5 Å². The van der Waals surface area contributed by atoms with Crippen molar-refractivity contribution >= 4 is 17.7 Å². The van der Waals surface area contributed by atoms with Crippen LogP contribution in [0.1, 0.15) is 26.2 Å². The van der Waals surface area contributed by atoms with Gasteiger partial charge < -0.3 is 10.6 Å². The molecule has 0 aromatic heterocycles. The first-order valence-electron chi connectivity index (χ1n) is 7.10. The lowest BCUT2D eigenvalue weighted by Crippen LogP contribution is -2.52. The largest absolute Gasteiger partial charge is 0.353 e. The zero-order chi connectivity index (χ0) is 12.8. The second-order valence-electron chi connectivity index (χ2n) is 5.27. The maximum absolute atomic E-state index is 12.0. The average molecular weight is 271 g/mol. The number of hydrogen-bond donors (Lipinski definition) is 2. The van der Waals surface area contributed by atoms with Gasteiger partial charge in [-0.2, -0.15) is 11.8 Å².